The number of benzene rings is 2. The van der Waals surface area contributed by atoms with Crippen molar-refractivity contribution >= 4 is 11.8 Å². The first-order valence-corrected chi connectivity index (χ1v) is 11.1. The molecule has 0 saturated carbocycles. The van der Waals surface area contributed by atoms with Crippen molar-refractivity contribution in [3.05, 3.63) is 76.2 Å². The number of ether oxygens (including phenoxy) is 1. The number of carbonyl (C=O) groups is 1. The molecule has 0 aliphatic carbocycles. The van der Waals surface area contributed by atoms with Crippen LogP contribution in [-0.2, 0) is 18.9 Å². The standard InChI is InChI=1S/C24H23F7N4O4/c1-32(2)12-17(36)13-34-8-9-35(21(34)37)19-11-14(23(26,27)28)10-18(24(29,30)31)20(19)39-22(38)33(3)16-6-4-15(25)5-7-16/h4-11,17,36H,12-13H2,1-3H3/t17-/m0/s1. The van der Waals surface area contributed by atoms with Crippen LogP contribution < -0.4 is 15.3 Å². The Morgan fingerprint density at radius 3 is 2.15 bits per heavy atom. The van der Waals surface area contributed by atoms with E-state index in [9.17, 15) is 45.4 Å². The van der Waals surface area contributed by atoms with Gasteiger partial charge in [0.05, 0.1) is 23.9 Å². The highest BCUT2D eigenvalue weighted by atomic mass is 19.4. The van der Waals surface area contributed by atoms with Crippen LogP contribution in [0.15, 0.2) is 53.6 Å². The summed E-state index contributed by atoms with van der Waals surface area (Å²) in [6.45, 7) is -0.213. The fourth-order valence-corrected chi connectivity index (χ4v) is 3.64. The van der Waals surface area contributed by atoms with Crippen molar-refractivity contribution in [2.75, 3.05) is 32.6 Å². The van der Waals surface area contributed by atoms with Gasteiger partial charge in [-0.25, -0.2) is 14.0 Å². The van der Waals surface area contributed by atoms with E-state index in [-0.39, 0.29) is 30.9 Å². The number of anilines is 1. The number of aliphatic hydroxyl groups is 1. The summed E-state index contributed by atoms with van der Waals surface area (Å²) in [7, 11) is 4.37. The van der Waals surface area contributed by atoms with Gasteiger partial charge in [0.1, 0.15) is 11.4 Å². The van der Waals surface area contributed by atoms with Gasteiger partial charge in [0.2, 0.25) is 0 Å². The van der Waals surface area contributed by atoms with Crippen LogP contribution in [0.25, 0.3) is 5.69 Å². The average Bonchev–Trinajstić information content (AvgIpc) is 3.16. The Balaban J connectivity index is 2.17. The summed E-state index contributed by atoms with van der Waals surface area (Å²) in [4.78, 5) is 28.1. The van der Waals surface area contributed by atoms with Crippen LogP contribution in [-0.4, -0.2) is 59.0 Å². The summed E-state index contributed by atoms with van der Waals surface area (Å²) in [5.41, 5.74) is -5.81. The SMILES string of the molecule is CN(C)C[C@H](O)Cn1ccn(-c2cc(C(F)(F)F)cc(C(F)(F)F)c2OC(=O)N(C)c2ccc(F)cc2)c1=O. The number of aliphatic hydroxyl groups excluding tert-OH is 1. The second kappa shape index (κ2) is 11.1. The molecule has 0 spiro atoms. The summed E-state index contributed by atoms with van der Waals surface area (Å²) in [6, 6.07) is 4.20. The molecule has 0 aliphatic rings. The van der Waals surface area contributed by atoms with Crippen LogP contribution in [0, 0.1) is 5.82 Å². The minimum atomic E-state index is -5.44. The number of nitrogens with zero attached hydrogens (tertiary/aromatic N) is 4. The smallest absolute Gasteiger partial charge is 0.407 e. The Morgan fingerprint density at radius 1 is 1.00 bits per heavy atom. The Kier molecular flexibility index (Phi) is 8.45. The highest BCUT2D eigenvalue weighted by Crippen LogP contribution is 2.44. The van der Waals surface area contributed by atoms with Crippen LogP contribution >= 0.6 is 0 Å². The van der Waals surface area contributed by atoms with Crippen LogP contribution in [0.3, 0.4) is 0 Å². The summed E-state index contributed by atoms with van der Waals surface area (Å²) in [5.74, 6) is -2.02. The van der Waals surface area contributed by atoms with Crippen molar-refractivity contribution in [2.45, 2.75) is 25.0 Å². The molecule has 39 heavy (non-hydrogen) atoms. The molecule has 0 fully saturated rings. The van der Waals surface area contributed by atoms with Crippen molar-refractivity contribution < 1.29 is 45.4 Å². The van der Waals surface area contributed by atoms with Crippen LogP contribution in [0.4, 0.5) is 41.2 Å². The molecule has 0 bridgehead atoms. The normalized spacial score (nSPS) is 13.0. The minimum absolute atomic E-state index is 0.00150. The van der Waals surface area contributed by atoms with Gasteiger partial charge in [0.15, 0.2) is 5.75 Å². The topological polar surface area (TPSA) is 79.9 Å². The highest BCUT2D eigenvalue weighted by Gasteiger charge is 2.42. The fraction of sp³-hybridized carbons (Fsp3) is 0.333. The van der Waals surface area contributed by atoms with Gasteiger partial charge in [-0.2, -0.15) is 26.3 Å². The van der Waals surface area contributed by atoms with Crippen molar-refractivity contribution in [2.24, 2.45) is 0 Å². The first-order chi connectivity index (χ1) is 18.0. The molecule has 1 atom stereocenters. The van der Waals surface area contributed by atoms with Gasteiger partial charge < -0.3 is 14.7 Å². The van der Waals surface area contributed by atoms with Crippen molar-refractivity contribution in [1.29, 1.82) is 0 Å². The molecule has 3 aromatic rings. The lowest BCUT2D eigenvalue weighted by atomic mass is 10.1. The molecule has 0 saturated heterocycles. The Labute approximate surface area is 217 Å². The molecule has 2 aromatic carbocycles. The van der Waals surface area contributed by atoms with Gasteiger partial charge in [-0.3, -0.25) is 14.0 Å². The molecule has 1 aromatic heterocycles. The van der Waals surface area contributed by atoms with E-state index in [1.807, 2.05) is 0 Å². The number of hydrogen-bond donors (Lipinski definition) is 1. The molecule has 15 heteroatoms. The van der Waals surface area contributed by atoms with Crippen molar-refractivity contribution in [3.8, 4) is 11.4 Å². The zero-order valence-electron chi connectivity index (χ0n) is 20.7. The molecule has 8 nitrogen and oxygen atoms in total. The summed E-state index contributed by atoms with van der Waals surface area (Å²) in [5, 5.41) is 10.1. The Bertz CT molecular complexity index is 1380. The number of rotatable bonds is 7. The number of halogens is 7. The number of hydrogen-bond acceptors (Lipinski definition) is 5. The first kappa shape index (κ1) is 29.7. The third kappa shape index (κ3) is 6.97. The largest absolute Gasteiger partial charge is 0.420 e. The summed E-state index contributed by atoms with van der Waals surface area (Å²) in [6.07, 6.45) is -11.3. The maximum Gasteiger partial charge on any atom is 0.420 e. The lowest BCUT2D eigenvalue weighted by Gasteiger charge is -2.22. The van der Waals surface area contributed by atoms with Gasteiger partial charge in [0.25, 0.3) is 0 Å². The number of imidazole rings is 1. The summed E-state index contributed by atoms with van der Waals surface area (Å²) >= 11 is 0. The molecule has 1 amide bonds. The molecule has 3 rings (SSSR count). The van der Waals surface area contributed by atoms with Gasteiger partial charge in [-0.15, -0.1) is 0 Å². The lowest BCUT2D eigenvalue weighted by molar-refractivity contribution is -0.143. The zero-order chi connectivity index (χ0) is 29.3. The second-order valence-corrected chi connectivity index (χ2v) is 8.79. The van der Waals surface area contributed by atoms with Gasteiger partial charge in [0, 0.05) is 31.7 Å². The maximum atomic E-state index is 14.0. The second-order valence-electron chi connectivity index (χ2n) is 8.79. The van der Waals surface area contributed by atoms with Gasteiger partial charge in [-0.1, -0.05) is 0 Å². The van der Waals surface area contributed by atoms with E-state index >= 15 is 0 Å². The van der Waals surface area contributed by atoms with Crippen molar-refractivity contribution in [1.82, 2.24) is 14.0 Å². The van der Waals surface area contributed by atoms with E-state index in [0.717, 1.165) is 48.3 Å². The number of amides is 1. The predicted octanol–water partition coefficient (Wildman–Crippen LogP) is 4.37. The van der Waals surface area contributed by atoms with Crippen LogP contribution in [0.2, 0.25) is 0 Å². The maximum absolute atomic E-state index is 14.0. The van der Waals surface area contributed by atoms with E-state index in [0.29, 0.717) is 9.47 Å². The molecule has 212 valence electrons. The molecule has 0 aliphatic heterocycles. The summed E-state index contributed by atoms with van der Waals surface area (Å²) < 4.78 is 102. The number of aromatic nitrogens is 2. The van der Waals surface area contributed by atoms with Gasteiger partial charge >= 0.3 is 24.1 Å². The molecule has 1 N–H and O–H groups in total. The quantitative estimate of drug-likeness (QED) is 0.432. The molecular formula is C24H23F7N4O4. The Morgan fingerprint density at radius 2 is 1.62 bits per heavy atom. The zero-order valence-corrected chi connectivity index (χ0v) is 20.7. The van der Waals surface area contributed by atoms with E-state index in [1.54, 1.807) is 19.0 Å². The minimum Gasteiger partial charge on any atom is -0.407 e. The third-order valence-electron chi connectivity index (χ3n) is 5.47. The first-order valence-electron chi connectivity index (χ1n) is 11.1. The highest BCUT2D eigenvalue weighted by molar-refractivity contribution is 5.89. The average molecular weight is 564 g/mol. The van der Waals surface area contributed by atoms with E-state index in [4.69, 9.17) is 4.74 Å². The fourth-order valence-electron chi connectivity index (χ4n) is 3.64. The van der Waals surface area contributed by atoms with Gasteiger partial charge in [-0.05, 0) is 50.5 Å². The molecule has 0 radical (unpaired) electrons. The number of likely N-dealkylation sites (N-methyl/N-ethyl adjacent to an activating group) is 1. The van der Waals surface area contributed by atoms with Crippen molar-refractivity contribution in [3.63, 3.8) is 0 Å². The van der Waals surface area contributed by atoms with Crippen LogP contribution in [0.5, 0.6) is 5.75 Å². The Hall–Kier alpha value is -3.85. The number of carbonyl (C=O) groups excluding carboxylic acids is 1. The van der Waals surface area contributed by atoms with E-state index < -0.39 is 58.6 Å². The predicted molar refractivity (Wildman–Crippen MR) is 125 cm³/mol. The number of alkyl halides is 6. The van der Waals surface area contributed by atoms with Crippen LogP contribution in [0.1, 0.15) is 11.1 Å². The third-order valence-corrected chi connectivity index (χ3v) is 5.47. The van der Waals surface area contributed by atoms with E-state index in [1.165, 1.54) is 0 Å². The lowest BCUT2D eigenvalue weighted by Crippen LogP contribution is -2.34. The van der Waals surface area contributed by atoms with E-state index in [2.05, 4.69) is 0 Å². The molecule has 0 unspecified atom stereocenters. The monoisotopic (exact) mass is 564 g/mol. The molecular weight excluding hydrogens is 541 g/mol. The molecule has 1 heterocycles.